The molecule has 1 heterocycles. The van der Waals surface area contributed by atoms with Gasteiger partial charge in [0.2, 0.25) is 0 Å². The minimum Gasteiger partial charge on any atom is -0.384 e. The number of anilines is 1. The Hall–Kier alpha value is -1.05. The quantitative estimate of drug-likeness (QED) is 0.607. The second-order valence-corrected chi connectivity index (χ2v) is 1.80. The summed E-state index contributed by atoms with van der Waals surface area (Å²) in [7, 11) is 0. The maximum atomic E-state index is 5.40. The number of pyridine rings is 1. The van der Waals surface area contributed by atoms with Crippen LogP contribution in [0.1, 0.15) is 12.5 Å². The van der Waals surface area contributed by atoms with Crippen LogP contribution in [0.25, 0.3) is 0 Å². The van der Waals surface area contributed by atoms with Crippen molar-refractivity contribution in [1.82, 2.24) is 4.98 Å². The molecule has 0 amide bonds. The number of nitrogens with two attached hydrogens (primary N) is 1. The van der Waals surface area contributed by atoms with Crippen LogP contribution in [-0.2, 0) is 0 Å². The lowest BCUT2D eigenvalue weighted by atomic mass is 10.2. The molecule has 1 rings (SSSR count). The molecular formula is C7H9N2. The molecule has 0 fully saturated rings. The average molecular weight is 121 g/mol. The van der Waals surface area contributed by atoms with Gasteiger partial charge in [-0.25, -0.2) is 4.98 Å². The standard InChI is InChI=1S/C7H9N2/c1-2-6-3-4-9-7(8)5-6/h2-5H,1H3,(H2,8,9). The fourth-order valence-electron chi connectivity index (χ4n) is 0.645. The topological polar surface area (TPSA) is 38.9 Å². The zero-order valence-electron chi connectivity index (χ0n) is 5.33. The Labute approximate surface area is 54.7 Å². The van der Waals surface area contributed by atoms with Gasteiger partial charge in [-0.05, 0) is 24.1 Å². The van der Waals surface area contributed by atoms with E-state index in [1.165, 1.54) is 0 Å². The van der Waals surface area contributed by atoms with Crippen molar-refractivity contribution in [1.29, 1.82) is 0 Å². The van der Waals surface area contributed by atoms with Crippen LogP contribution in [0.3, 0.4) is 0 Å². The molecule has 1 aromatic heterocycles. The lowest BCUT2D eigenvalue weighted by Gasteiger charge is -1.94. The zero-order valence-corrected chi connectivity index (χ0v) is 5.33. The molecule has 1 radical (unpaired) electrons. The minimum absolute atomic E-state index is 0.575. The lowest BCUT2D eigenvalue weighted by Crippen LogP contribution is -1.89. The van der Waals surface area contributed by atoms with E-state index in [0.717, 1.165) is 5.56 Å². The number of rotatable bonds is 1. The molecule has 0 aliphatic rings. The Balaban J connectivity index is 2.94. The van der Waals surface area contributed by atoms with Gasteiger partial charge in [0.1, 0.15) is 5.82 Å². The summed E-state index contributed by atoms with van der Waals surface area (Å²) in [5.74, 6) is 0.575. The third-order valence-corrected chi connectivity index (χ3v) is 1.14. The van der Waals surface area contributed by atoms with Gasteiger partial charge in [0.15, 0.2) is 0 Å². The third-order valence-electron chi connectivity index (χ3n) is 1.14. The fraction of sp³-hybridized carbons (Fsp3) is 0.143. The summed E-state index contributed by atoms with van der Waals surface area (Å²) in [4.78, 5) is 3.85. The van der Waals surface area contributed by atoms with Crippen molar-refractivity contribution in [3.05, 3.63) is 30.3 Å². The Kier molecular flexibility index (Phi) is 1.68. The monoisotopic (exact) mass is 121 g/mol. The van der Waals surface area contributed by atoms with Crippen LogP contribution in [0.15, 0.2) is 18.3 Å². The van der Waals surface area contributed by atoms with Crippen LogP contribution in [0, 0.1) is 6.42 Å². The highest BCUT2D eigenvalue weighted by Gasteiger charge is 1.87. The molecule has 1 aromatic rings. The van der Waals surface area contributed by atoms with Gasteiger partial charge in [-0.1, -0.05) is 6.92 Å². The van der Waals surface area contributed by atoms with E-state index in [4.69, 9.17) is 5.73 Å². The summed E-state index contributed by atoms with van der Waals surface area (Å²) >= 11 is 0. The van der Waals surface area contributed by atoms with Gasteiger partial charge in [-0.15, -0.1) is 0 Å². The van der Waals surface area contributed by atoms with Crippen molar-refractivity contribution in [2.24, 2.45) is 0 Å². The molecule has 0 saturated heterocycles. The number of hydrogen-bond acceptors (Lipinski definition) is 2. The second kappa shape index (κ2) is 2.49. The summed E-state index contributed by atoms with van der Waals surface area (Å²) in [6.07, 6.45) is 3.68. The Morgan fingerprint density at radius 2 is 2.44 bits per heavy atom. The van der Waals surface area contributed by atoms with E-state index in [-0.39, 0.29) is 0 Å². The molecule has 47 valence electrons. The van der Waals surface area contributed by atoms with Crippen molar-refractivity contribution in [2.45, 2.75) is 6.92 Å². The molecule has 0 saturated carbocycles. The first kappa shape index (κ1) is 6.08. The number of nitrogens with zero attached hydrogens (tertiary/aromatic N) is 1. The Morgan fingerprint density at radius 1 is 1.67 bits per heavy atom. The predicted octanol–water partition coefficient (Wildman–Crippen LogP) is 1.24. The van der Waals surface area contributed by atoms with E-state index >= 15 is 0 Å². The zero-order chi connectivity index (χ0) is 6.69. The summed E-state index contributed by atoms with van der Waals surface area (Å²) < 4.78 is 0. The van der Waals surface area contributed by atoms with Crippen LogP contribution in [0.2, 0.25) is 0 Å². The molecule has 2 heteroatoms. The molecule has 0 aromatic carbocycles. The summed E-state index contributed by atoms with van der Waals surface area (Å²) in [6.45, 7) is 1.97. The van der Waals surface area contributed by atoms with E-state index < -0.39 is 0 Å². The molecule has 2 N–H and O–H groups in total. The molecule has 0 unspecified atom stereocenters. The van der Waals surface area contributed by atoms with Crippen molar-refractivity contribution < 1.29 is 0 Å². The normalized spacial score (nSPS) is 9.44. The predicted molar refractivity (Wildman–Crippen MR) is 37.7 cm³/mol. The van der Waals surface area contributed by atoms with Gasteiger partial charge in [0.25, 0.3) is 0 Å². The second-order valence-electron chi connectivity index (χ2n) is 1.80. The van der Waals surface area contributed by atoms with Crippen LogP contribution >= 0.6 is 0 Å². The first-order valence-corrected chi connectivity index (χ1v) is 2.84. The molecule has 0 spiro atoms. The smallest absolute Gasteiger partial charge is 0.123 e. The van der Waals surface area contributed by atoms with E-state index in [2.05, 4.69) is 4.98 Å². The van der Waals surface area contributed by atoms with Gasteiger partial charge in [-0.3, -0.25) is 0 Å². The van der Waals surface area contributed by atoms with Crippen LogP contribution < -0.4 is 5.73 Å². The maximum Gasteiger partial charge on any atom is 0.123 e. The van der Waals surface area contributed by atoms with E-state index in [1.807, 2.05) is 25.5 Å². The van der Waals surface area contributed by atoms with E-state index in [9.17, 15) is 0 Å². The summed E-state index contributed by atoms with van der Waals surface area (Å²) in [5, 5.41) is 0. The number of aromatic nitrogens is 1. The van der Waals surface area contributed by atoms with Gasteiger partial charge in [-0.2, -0.15) is 0 Å². The molecule has 0 bridgehead atoms. The van der Waals surface area contributed by atoms with Crippen molar-refractivity contribution in [3.63, 3.8) is 0 Å². The molecule has 0 aliphatic carbocycles. The SMILES string of the molecule is C[CH]c1ccnc(N)c1. The van der Waals surface area contributed by atoms with E-state index in [1.54, 1.807) is 6.20 Å². The van der Waals surface area contributed by atoms with Gasteiger partial charge in [0.05, 0.1) is 0 Å². The third kappa shape index (κ3) is 1.42. The number of hydrogen-bond donors (Lipinski definition) is 1. The lowest BCUT2D eigenvalue weighted by molar-refractivity contribution is 1.29. The van der Waals surface area contributed by atoms with Crippen LogP contribution in [0.4, 0.5) is 5.82 Å². The molecular weight excluding hydrogens is 112 g/mol. The largest absolute Gasteiger partial charge is 0.384 e. The van der Waals surface area contributed by atoms with Crippen LogP contribution in [0.5, 0.6) is 0 Å². The van der Waals surface area contributed by atoms with Crippen molar-refractivity contribution in [2.75, 3.05) is 5.73 Å². The van der Waals surface area contributed by atoms with Gasteiger partial charge < -0.3 is 5.73 Å². The average Bonchev–Trinajstić information content (AvgIpc) is 1.88. The maximum absolute atomic E-state index is 5.40. The highest BCUT2D eigenvalue weighted by atomic mass is 14.8. The van der Waals surface area contributed by atoms with Crippen LogP contribution in [-0.4, -0.2) is 4.98 Å². The first-order chi connectivity index (χ1) is 4.33. The van der Waals surface area contributed by atoms with Gasteiger partial charge >= 0.3 is 0 Å². The molecule has 0 aliphatic heterocycles. The molecule has 2 nitrogen and oxygen atoms in total. The highest BCUT2D eigenvalue weighted by molar-refractivity contribution is 5.34. The molecule has 0 atom stereocenters. The minimum atomic E-state index is 0.575. The summed E-state index contributed by atoms with van der Waals surface area (Å²) in [5.41, 5.74) is 6.52. The fourth-order valence-corrected chi connectivity index (χ4v) is 0.645. The molecule has 9 heavy (non-hydrogen) atoms. The van der Waals surface area contributed by atoms with E-state index in [0.29, 0.717) is 5.82 Å². The summed E-state index contributed by atoms with van der Waals surface area (Å²) in [6, 6.07) is 3.75. The van der Waals surface area contributed by atoms with Crippen molar-refractivity contribution in [3.8, 4) is 0 Å². The number of nitrogen functional groups attached to an aromatic ring is 1. The van der Waals surface area contributed by atoms with Crippen molar-refractivity contribution >= 4 is 5.82 Å². The Morgan fingerprint density at radius 3 is 2.89 bits per heavy atom. The highest BCUT2D eigenvalue weighted by Crippen LogP contribution is 2.03. The van der Waals surface area contributed by atoms with Gasteiger partial charge in [0, 0.05) is 6.20 Å². The first-order valence-electron chi connectivity index (χ1n) is 2.84. The Bertz CT molecular complexity index is 196.